The van der Waals surface area contributed by atoms with E-state index < -0.39 is 0 Å². The average molecular weight is 283 g/mol. The molecule has 2 N–H and O–H groups in total. The molecule has 2 fully saturated rings. The van der Waals surface area contributed by atoms with Gasteiger partial charge < -0.3 is 15.3 Å². The molecule has 4 nitrogen and oxygen atoms in total. The second-order valence-electron chi connectivity index (χ2n) is 6.41. The molecule has 1 aromatic carbocycles. The summed E-state index contributed by atoms with van der Waals surface area (Å²) in [5, 5.41) is 15.6. The van der Waals surface area contributed by atoms with Crippen molar-refractivity contribution in [1.82, 2.24) is 10.3 Å². The Morgan fingerprint density at radius 1 is 1.19 bits per heavy atom. The molecular formula is C17H21N3O. The number of aromatic hydroxyl groups is 1. The van der Waals surface area contributed by atoms with Crippen LogP contribution < -0.4 is 10.2 Å². The summed E-state index contributed by atoms with van der Waals surface area (Å²) in [6.07, 6.45) is 6.84. The molecule has 4 heteroatoms. The highest BCUT2D eigenvalue weighted by Gasteiger charge is 2.35. The van der Waals surface area contributed by atoms with E-state index in [1.54, 1.807) is 6.07 Å². The lowest BCUT2D eigenvalue weighted by atomic mass is 9.98. The van der Waals surface area contributed by atoms with Crippen LogP contribution in [0.3, 0.4) is 0 Å². The number of nitrogens with one attached hydrogen (secondary N) is 1. The summed E-state index contributed by atoms with van der Waals surface area (Å²) in [6, 6.07) is 9.37. The van der Waals surface area contributed by atoms with Crippen molar-refractivity contribution < 1.29 is 5.11 Å². The highest BCUT2D eigenvalue weighted by Crippen LogP contribution is 2.34. The lowest BCUT2D eigenvalue weighted by Gasteiger charge is -2.36. The van der Waals surface area contributed by atoms with Crippen molar-refractivity contribution in [3.8, 4) is 5.75 Å². The maximum atomic E-state index is 9.78. The van der Waals surface area contributed by atoms with Crippen molar-refractivity contribution in [2.24, 2.45) is 0 Å². The number of rotatable bonds is 2. The van der Waals surface area contributed by atoms with Crippen LogP contribution in [0.15, 0.2) is 30.5 Å². The van der Waals surface area contributed by atoms with Gasteiger partial charge in [-0.1, -0.05) is 6.07 Å². The molecule has 2 bridgehead atoms. The number of phenols is 1. The topological polar surface area (TPSA) is 48.4 Å². The molecule has 0 spiro atoms. The third kappa shape index (κ3) is 2.23. The Hall–Kier alpha value is -1.81. The normalized spacial score (nSPS) is 28.0. The van der Waals surface area contributed by atoms with E-state index in [-0.39, 0.29) is 0 Å². The fourth-order valence-corrected chi connectivity index (χ4v) is 3.94. The Kier molecular flexibility index (Phi) is 3.00. The minimum atomic E-state index is 0.301. The minimum absolute atomic E-state index is 0.301. The number of fused-ring (bicyclic) bond motifs is 3. The third-order valence-electron chi connectivity index (χ3n) is 5.06. The molecular weight excluding hydrogens is 262 g/mol. The van der Waals surface area contributed by atoms with Gasteiger partial charge in [0.05, 0.1) is 0 Å². The standard InChI is InChI=1S/C17H21N3O/c1-20(14-8-12-3-4-13(9-14)19-12)17-16-10-15(21)5-2-11(16)6-7-18-17/h2,5-7,10,12-14,19,21H,3-4,8-9H2,1H3. The Bertz CT molecular complexity index is 660. The lowest BCUT2D eigenvalue weighted by Crippen LogP contribution is -2.47. The number of hydrogen-bond donors (Lipinski definition) is 2. The van der Waals surface area contributed by atoms with Gasteiger partial charge in [-0.05, 0) is 49.3 Å². The summed E-state index contributed by atoms with van der Waals surface area (Å²) in [7, 11) is 2.14. The smallest absolute Gasteiger partial charge is 0.136 e. The second-order valence-corrected chi connectivity index (χ2v) is 6.41. The number of phenolic OH excluding ortho intramolecular Hbond substituents is 1. The first-order valence-corrected chi connectivity index (χ1v) is 7.77. The first-order valence-electron chi connectivity index (χ1n) is 7.77. The number of pyridine rings is 1. The van der Waals surface area contributed by atoms with E-state index in [1.807, 2.05) is 24.4 Å². The summed E-state index contributed by atoms with van der Waals surface area (Å²) in [5.74, 6) is 1.28. The third-order valence-corrected chi connectivity index (χ3v) is 5.06. The van der Waals surface area contributed by atoms with Crippen LogP contribution in [0.25, 0.3) is 10.8 Å². The summed E-state index contributed by atoms with van der Waals surface area (Å²) >= 11 is 0. The highest BCUT2D eigenvalue weighted by molar-refractivity contribution is 5.93. The van der Waals surface area contributed by atoms with Crippen molar-refractivity contribution in [2.45, 2.75) is 43.8 Å². The minimum Gasteiger partial charge on any atom is -0.508 e. The SMILES string of the molecule is CN(c1nccc2ccc(O)cc12)C1CC2CCC(C1)N2. The van der Waals surface area contributed by atoms with Crippen molar-refractivity contribution in [3.05, 3.63) is 30.5 Å². The number of nitrogens with zero attached hydrogens (tertiary/aromatic N) is 2. The molecule has 0 saturated carbocycles. The van der Waals surface area contributed by atoms with Crippen LogP contribution in [0.4, 0.5) is 5.82 Å². The Morgan fingerprint density at radius 3 is 2.71 bits per heavy atom. The molecule has 2 aliphatic rings. The summed E-state index contributed by atoms with van der Waals surface area (Å²) in [4.78, 5) is 6.90. The fourth-order valence-electron chi connectivity index (χ4n) is 3.94. The van der Waals surface area contributed by atoms with Gasteiger partial charge in [-0.25, -0.2) is 4.98 Å². The zero-order valence-electron chi connectivity index (χ0n) is 12.3. The van der Waals surface area contributed by atoms with Crippen LogP contribution >= 0.6 is 0 Å². The van der Waals surface area contributed by atoms with E-state index in [4.69, 9.17) is 0 Å². The first kappa shape index (κ1) is 12.9. The van der Waals surface area contributed by atoms with Gasteiger partial charge in [-0.2, -0.15) is 0 Å². The summed E-state index contributed by atoms with van der Waals surface area (Å²) in [6.45, 7) is 0. The number of benzene rings is 1. The van der Waals surface area contributed by atoms with Gasteiger partial charge in [-0.15, -0.1) is 0 Å². The van der Waals surface area contributed by atoms with Gasteiger partial charge in [-0.3, -0.25) is 0 Å². The molecule has 4 rings (SSSR count). The van der Waals surface area contributed by atoms with Crippen LogP contribution in [0.2, 0.25) is 0 Å². The maximum Gasteiger partial charge on any atom is 0.136 e. The molecule has 110 valence electrons. The molecule has 3 heterocycles. The average Bonchev–Trinajstić information content (AvgIpc) is 2.84. The van der Waals surface area contributed by atoms with Gasteiger partial charge in [0, 0.05) is 36.8 Å². The van der Waals surface area contributed by atoms with Gasteiger partial charge in [0.2, 0.25) is 0 Å². The molecule has 0 aliphatic carbocycles. The number of aromatic nitrogens is 1. The van der Waals surface area contributed by atoms with E-state index in [9.17, 15) is 5.11 Å². The molecule has 0 amide bonds. The Morgan fingerprint density at radius 2 is 1.95 bits per heavy atom. The van der Waals surface area contributed by atoms with E-state index in [0.29, 0.717) is 23.9 Å². The van der Waals surface area contributed by atoms with Crippen LogP contribution in [-0.4, -0.2) is 35.3 Å². The van der Waals surface area contributed by atoms with E-state index >= 15 is 0 Å². The Labute approximate surface area is 124 Å². The second kappa shape index (κ2) is 4.88. The molecule has 1 aromatic heterocycles. The predicted octanol–water partition coefficient (Wildman–Crippen LogP) is 2.66. The van der Waals surface area contributed by atoms with Crippen molar-refractivity contribution >= 4 is 16.6 Å². The van der Waals surface area contributed by atoms with E-state index in [1.165, 1.54) is 25.7 Å². The largest absolute Gasteiger partial charge is 0.508 e. The van der Waals surface area contributed by atoms with E-state index in [0.717, 1.165) is 16.6 Å². The van der Waals surface area contributed by atoms with E-state index in [2.05, 4.69) is 22.2 Å². The molecule has 2 atom stereocenters. The molecule has 2 aromatic rings. The van der Waals surface area contributed by atoms with Crippen molar-refractivity contribution in [1.29, 1.82) is 0 Å². The van der Waals surface area contributed by atoms with Crippen LogP contribution in [-0.2, 0) is 0 Å². The number of piperidine rings is 1. The molecule has 2 unspecified atom stereocenters. The summed E-state index contributed by atoms with van der Waals surface area (Å²) in [5.41, 5.74) is 0. The van der Waals surface area contributed by atoms with Crippen LogP contribution in [0.5, 0.6) is 5.75 Å². The zero-order chi connectivity index (χ0) is 14.4. The quantitative estimate of drug-likeness (QED) is 0.889. The lowest BCUT2D eigenvalue weighted by molar-refractivity contribution is 0.354. The number of anilines is 1. The summed E-state index contributed by atoms with van der Waals surface area (Å²) < 4.78 is 0. The molecule has 0 radical (unpaired) electrons. The zero-order valence-corrected chi connectivity index (χ0v) is 12.3. The molecule has 2 aliphatic heterocycles. The fraction of sp³-hybridized carbons (Fsp3) is 0.471. The monoisotopic (exact) mass is 283 g/mol. The maximum absolute atomic E-state index is 9.78. The van der Waals surface area contributed by atoms with Gasteiger partial charge in [0.15, 0.2) is 0 Å². The molecule has 2 saturated heterocycles. The van der Waals surface area contributed by atoms with Gasteiger partial charge >= 0.3 is 0 Å². The van der Waals surface area contributed by atoms with Crippen LogP contribution in [0.1, 0.15) is 25.7 Å². The highest BCUT2D eigenvalue weighted by atomic mass is 16.3. The molecule has 21 heavy (non-hydrogen) atoms. The van der Waals surface area contributed by atoms with Crippen LogP contribution in [0, 0.1) is 0 Å². The predicted molar refractivity (Wildman–Crippen MR) is 84.8 cm³/mol. The number of hydrogen-bond acceptors (Lipinski definition) is 4. The van der Waals surface area contributed by atoms with Gasteiger partial charge in [0.1, 0.15) is 11.6 Å². The van der Waals surface area contributed by atoms with Crippen molar-refractivity contribution in [3.63, 3.8) is 0 Å². The Balaban J connectivity index is 1.70. The first-order chi connectivity index (χ1) is 10.2. The van der Waals surface area contributed by atoms with Crippen molar-refractivity contribution in [2.75, 3.05) is 11.9 Å². The van der Waals surface area contributed by atoms with Gasteiger partial charge in [0.25, 0.3) is 0 Å².